The molecule has 5 nitrogen and oxygen atoms in total. The van der Waals surface area contributed by atoms with Gasteiger partial charge in [0.25, 0.3) is 0 Å². The van der Waals surface area contributed by atoms with E-state index >= 15 is 0 Å². The molecule has 0 aromatic heterocycles. The molecule has 0 aliphatic rings. The van der Waals surface area contributed by atoms with Gasteiger partial charge in [-0.3, -0.25) is 4.99 Å². The van der Waals surface area contributed by atoms with Gasteiger partial charge in [-0.15, -0.1) is 0 Å². The van der Waals surface area contributed by atoms with E-state index < -0.39 is 0 Å². The molecule has 0 bridgehead atoms. The van der Waals surface area contributed by atoms with E-state index in [2.05, 4.69) is 15.6 Å². The number of benzene rings is 2. The van der Waals surface area contributed by atoms with Crippen LogP contribution in [0.1, 0.15) is 5.56 Å². The van der Waals surface area contributed by atoms with Crippen molar-refractivity contribution in [3.8, 4) is 11.5 Å². The number of nitrogens with one attached hydrogen (secondary N) is 2. The summed E-state index contributed by atoms with van der Waals surface area (Å²) in [5, 5.41) is 7.06. The maximum absolute atomic E-state index is 6.04. The maximum atomic E-state index is 6.04. The lowest BCUT2D eigenvalue weighted by atomic mass is 10.2. The molecule has 0 amide bonds. The van der Waals surface area contributed by atoms with Crippen LogP contribution in [0.15, 0.2) is 53.5 Å². The monoisotopic (exact) mass is 347 g/mol. The number of nitrogens with zero attached hydrogens (tertiary/aromatic N) is 1. The molecular formula is C18H22ClN3O2. The highest BCUT2D eigenvalue weighted by Gasteiger charge is 2.01. The molecule has 0 fully saturated rings. The number of ether oxygens (including phenoxy) is 2. The minimum absolute atomic E-state index is 0.493. The van der Waals surface area contributed by atoms with Gasteiger partial charge in [-0.05, 0) is 29.8 Å². The van der Waals surface area contributed by atoms with Crippen LogP contribution in [-0.4, -0.2) is 33.3 Å². The molecule has 2 aromatic carbocycles. The number of hydrogen-bond acceptors (Lipinski definition) is 3. The first-order valence-corrected chi connectivity index (χ1v) is 8.05. The highest BCUT2D eigenvalue weighted by Crippen LogP contribution is 2.22. The SMILES string of the molecule is CN=C(NCCOc1ccccc1Cl)NCc1ccc(OC)cc1. The molecule has 6 heteroatoms. The summed E-state index contributed by atoms with van der Waals surface area (Å²) in [7, 11) is 3.39. The van der Waals surface area contributed by atoms with Gasteiger partial charge in [0.15, 0.2) is 5.96 Å². The van der Waals surface area contributed by atoms with E-state index in [1.54, 1.807) is 20.2 Å². The van der Waals surface area contributed by atoms with Gasteiger partial charge >= 0.3 is 0 Å². The van der Waals surface area contributed by atoms with Crippen molar-refractivity contribution in [1.82, 2.24) is 10.6 Å². The number of hydrogen-bond donors (Lipinski definition) is 2. The van der Waals surface area contributed by atoms with E-state index in [1.165, 1.54) is 0 Å². The number of guanidine groups is 1. The summed E-state index contributed by atoms with van der Waals surface area (Å²) in [6, 6.07) is 15.3. The second-order valence-electron chi connectivity index (χ2n) is 4.98. The van der Waals surface area contributed by atoms with Crippen molar-refractivity contribution >= 4 is 17.6 Å². The molecule has 0 saturated carbocycles. The van der Waals surface area contributed by atoms with Crippen LogP contribution in [0.4, 0.5) is 0 Å². The van der Waals surface area contributed by atoms with Gasteiger partial charge < -0.3 is 20.1 Å². The molecule has 128 valence electrons. The minimum atomic E-state index is 0.493. The third kappa shape index (κ3) is 5.66. The lowest BCUT2D eigenvalue weighted by Crippen LogP contribution is -2.38. The maximum Gasteiger partial charge on any atom is 0.191 e. The van der Waals surface area contributed by atoms with E-state index in [9.17, 15) is 0 Å². The molecule has 0 spiro atoms. The molecule has 2 N–H and O–H groups in total. The lowest BCUT2D eigenvalue weighted by Gasteiger charge is -2.13. The van der Waals surface area contributed by atoms with Gasteiger partial charge in [0.05, 0.1) is 18.7 Å². The van der Waals surface area contributed by atoms with E-state index in [4.69, 9.17) is 21.1 Å². The van der Waals surface area contributed by atoms with E-state index in [1.807, 2.05) is 42.5 Å². The Labute approximate surface area is 147 Å². The molecule has 0 atom stereocenters. The molecule has 24 heavy (non-hydrogen) atoms. The fraction of sp³-hybridized carbons (Fsp3) is 0.278. The number of rotatable bonds is 7. The standard InChI is InChI=1S/C18H22ClN3O2/c1-20-18(22-13-14-7-9-15(23-2)10-8-14)21-11-12-24-17-6-4-3-5-16(17)19/h3-10H,11-13H2,1-2H3,(H2,20,21,22). The van der Waals surface area contributed by atoms with Crippen molar-refractivity contribution in [2.75, 3.05) is 27.3 Å². The van der Waals surface area contributed by atoms with Gasteiger partial charge in [0.2, 0.25) is 0 Å². The van der Waals surface area contributed by atoms with Crippen molar-refractivity contribution in [1.29, 1.82) is 0 Å². The second kappa shape index (κ2) is 9.67. The fourth-order valence-corrected chi connectivity index (χ4v) is 2.23. The number of para-hydroxylation sites is 1. The van der Waals surface area contributed by atoms with Crippen molar-refractivity contribution in [2.45, 2.75) is 6.54 Å². The minimum Gasteiger partial charge on any atom is -0.497 e. The largest absolute Gasteiger partial charge is 0.497 e. The summed E-state index contributed by atoms with van der Waals surface area (Å²) in [5.41, 5.74) is 1.14. The summed E-state index contributed by atoms with van der Waals surface area (Å²) in [5.74, 6) is 2.24. The number of halogens is 1. The van der Waals surface area contributed by atoms with Crippen molar-refractivity contribution in [3.63, 3.8) is 0 Å². The van der Waals surface area contributed by atoms with E-state index in [0.29, 0.717) is 36.4 Å². The predicted octanol–water partition coefficient (Wildman–Crippen LogP) is 3.09. The molecule has 0 unspecified atom stereocenters. The van der Waals surface area contributed by atoms with Gasteiger partial charge in [0, 0.05) is 13.6 Å². The third-order valence-corrected chi connectivity index (χ3v) is 3.64. The van der Waals surface area contributed by atoms with Crippen LogP contribution in [0.2, 0.25) is 5.02 Å². The first-order valence-electron chi connectivity index (χ1n) is 7.67. The van der Waals surface area contributed by atoms with Crippen molar-refractivity contribution < 1.29 is 9.47 Å². The zero-order chi connectivity index (χ0) is 17.2. The second-order valence-corrected chi connectivity index (χ2v) is 5.39. The Balaban J connectivity index is 1.71. The number of aliphatic imine (C=N–C) groups is 1. The summed E-state index contributed by atoms with van der Waals surface area (Å²) in [6.45, 7) is 1.79. The molecule has 2 rings (SSSR count). The summed E-state index contributed by atoms with van der Waals surface area (Å²) in [4.78, 5) is 4.19. The Morgan fingerprint density at radius 2 is 1.83 bits per heavy atom. The number of methoxy groups -OCH3 is 1. The molecule has 0 radical (unpaired) electrons. The van der Waals surface area contributed by atoms with Gasteiger partial charge in [-0.2, -0.15) is 0 Å². The van der Waals surface area contributed by atoms with E-state index in [-0.39, 0.29) is 0 Å². The van der Waals surface area contributed by atoms with Crippen LogP contribution in [0.25, 0.3) is 0 Å². The first-order chi connectivity index (χ1) is 11.7. The van der Waals surface area contributed by atoms with Crippen LogP contribution in [-0.2, 0) is 6.54 Å². The predicted molar refractivity (Wildman–Crippen MR) is 98.1 cm³/mol. The van der Waals surface area contributed by atoms with E-state index in [0.717, 1.165) is 11.3 Å². The van der Waals surface area contributed by atoms with Crippen LogP contribution in [0.5, 0.6) is 11.5 Å². The Hall–Kier alpha value is -2.40. The molecule has 0 heterocycles. The summed E-state index contributed by atoms with van der Waals surface area (Å²) >= 11 is 6.04. The average Bonchev–Trinajstić information content (AvgIpc) is 2.63. The normalized spacial score (nSPS) is 11.0. The third-order valence-electron chi connectivity index (χ3n) is 3.33. The molecule has 0 aliphatic carbocycles. The molecule has 0 saturated heterocycles. The quantitative estimate of drug-likeness (QED) is 0.459. The Morgan fingerprint density at radius 3 is 2.50 bits per heavy atom. The van der Waals surface area contributed by atoms with Crippen molar-refractivity contribution in [3.05, 3.63) is 59.1 Å². The highest BCUT2D eigenvalue weighted by atomic mass is 35.5. The van der Waals surface area contributed by atoms with Gasteiger partial charge in [-0.25, -0.2) is 0 Å². The zero-order valence-electron chi connectivity index (χ0n) is 13.9. The van der Waals surface area contributed by atoms with Crippen molar-refractivity contribution in [2.24, 2.45) is 4.99 Å². The smallest absolute Gasteiger partial charge is 0.191 e. The van der Waals surface area contributed by atoms with Gasteiger partial charge in [-0.1, -0.05) is 35.9 Å². The van der Waals surface area contributed by atoms with Crippen LogP contribution < -0.4 is 20.1 Å². The zero-order valence-corrected chi connectivity index (χ0v) is 14.6. The lowest BCUT2D eigenvalue weighted by molar-refractivity contribution is 0.322. The summed E-state index contributed by atoms with van der Waals surface area (Å²) in [6.07, 6.45) is 0. The highest BCUT2D eigenvalue weighted by molar-refractivity contribution is 6.32. The molecule has 2 aromatic rings. The van der Waals surface area contributed by atoms with Crippen LogP contribution in [0.3, 0.4) is 0 Å². The Kier molecular flexibility index (Phi) is 7.23. The first kappa shape index (κ1) is 17.9. The molecular weight excluding hydrogens is 326 g/mol. The van der Waals surface area contributed by atoms with Crippen LogP contribution in [0, 0.1) is 0 Å². The summed E-state index contributed by atoms with van der Waals surface area (Å²) < 4.78 is 10.8. The average molecular weight is 348 g/mol. The Morgan fingerprint density at radius 1 is 1.08 bits per heavy atom. The van der Waals surface area contributed by atoms with Crippen LogP contribution >= 0.6 is 11.6 Å². The van der Waals surface area contributed by atoms with Gasteiger partial charge in [0.1, 0.15) is 18.1 Å². The Bertz CT molecular complexity index is 660. The fourth-order valence-electron chi connectivity index (χ4n) is 2.04. The molecule has 0 aliphatic heterocycles. The topological polar surface area (TPSA) is 54.9 Å².